The third-order valence-corrected chi connectivity index (χ3v) is 3.22. The summed E-state index contributed by atoms with van der Waals surface area (Å²) in [6, 6.07) is 4.09. The summed E-state index contributed by atoms with van der Waals surface area (Å²) in [6.45, 7) is 5.77. The number of aromatic nitrogens is 2. The van der Waals surface area contributed by atoms with Gasteiger partial charge in [-0.1, -0.05) is 5.16 Å². The lowest BCUT2D eigenvalue weighted by Crippen LogP contribution is -2.17. The normalized spacial score (nSPS) is 11.9. The third-order valence-electron chi connectivity index (χ3n) is 3.22. The Hall–Kier alpha value is -2.37. The molecule has 5 nitrogen and oxygen atoms in total. The smallest absolute Gasteiger partial charge is 0.172 e. The summed E-state index contributed by atoms with van der Waals surface area (Å²) in [5.74, 6) is -0.608. The molecule has 1 aromatic heterocycles. The highest BCUT2D eigenvalue weighted by Crippen LogP contribution is 2.21. The van der Waals surface area contributed by atoms with Crippen molar-refractivity contribution < 1.29 is 9.60 Å². The number of nitrogens with zero attached hydrogens (tertiary/aromatic N) is 3. The van der Waals surface area contributed by atoms with E-state index in [2.05, 4.69) is 10.3 Å². The molecule has 0 unspecified atom stereocenters. The highest BCUT2D eigenvalue weighted by molar-refractivity contribution is 6.00. The number of benzene rings is 1. The molecule has 0 saturated heterocycles. The minimum Gasteiger partial charge on any atom is -0.409 e. The fourth-order valence-electron chi connectivity index (χ4n) is 1.91. The predicted molar refractivity (Wildman–Crippen MR) is 70.2 cm³/mol. The van der Waals surface area contributed by atoms with Gasteiger partial charge in [0.1, 0.15) is 5.82 Å². The van der Waals surface area contributed by atoms with Gasteiger partial charge < -0.3 is 10.9 Å². The fourth-order valence-corrected chi connectivity index (χ4v) is 1.91. The van der Waals surface area contributed by atoms with Gasteiger partial charge in [0, 0.05) is 11.3 Å². The molecule has 1 aromatic carbocycles. The molecular weight excluding hydrogens is 247 g/mol. The number of rotatable bonds is 2. The molecule has 2 rings (SSSR count). The molecule has 19 heavy (non-hydrogen) atoms. The molecule has 2 aromatic rings. The van der Waals surface area contributed by atoms with Crippen molar-refractivity contribution in [2.24, 2.45) is 10.9 Å². The van der Waals surface area contributed by atoms with Gasteiger partial charge in [-0.25, -0.2) is 9.07 Å². The van der Waals surface area contributed by atoms with Crippen molar-refractivity contribution in [3.63, 3.8) is 0 Å². The van der Waals surface area contributed by atoms with Crippen molar-refractivity contribution >= 4 is 5.84 Å². The average molecular weight is 262 g/mol. The molecule has 6 heteroatoms. The van der Waals surface area contributed by atoms with Gasteiger partial charge in [-0.2, -0.15) is 5.10 Å². The SMILES string of the molecule is Cc1nn(-c2ccc(F)cc2C(N)=NO)c(C)c1C. The second kappa shape index (κ2) is 4.72. The molecule has 0 aliphatic rings. The lowest BCUT2D eigenvalue weighted by Gasteiger charge is -2.10. The third kappa shape index (κ3) is 2.16. The van der Waals surface area contributed by atoms with E-state index < -0.39 is 5.82 Å². The summed E-state index contributed by atoms with van der Waals surface area (Å²) in [4.78, 5) is 0. The van der Waals surface area contributed by atoms with Gasteiger partial charge in [-0.15, -0.1) is 0 Å². The van der Waals surface area contributed by atoms with Crippen LogP contribution in [0.5, 0.6) is 0 Å². The molecule has 0 saturated carbocycles. The zero-order valence-corrected chi connectivity index (χ0v) is 11.0. The predicted octanol–water partition coefficient (Wildman–Crippen LogP) is 2.03. The number of hydrogen-bond acceptors (Lipinski definition) is 3. The van der Waals surface area contributed by atoms with E-state index in [4.69, 9.17) is 10.9 Å². The molecule has 0 aliphatic heterocycles. The minimum absolute atomic E-state index is 0.153. The maximum Gasteiger partial charge on any atom is 0.172 e. The van der Waals surface area contributed by atoms with Crippen LogP contribution in [0.2, 0.25) is 0 Å². The molecule has 0 aliphatic carbocycles. The van der Waals surface area contributed by atoms with Gasteiger partial charge in [0.15, 0.2) is 5.84 Å². The molecule has 0 radical (unpaired) electrons. The molecule has 0 bridgehead atoms. The highest BCUT2D eigenvalue weighted by atomic mass is 19.1. The Balaban J connectivity index is 2.72. The first-order valence-electron chi connectivity index (χ1n) is 5.76. The van der Waals surface area contributed by atoms with Crippen LogP contribution in [-0.2, 0) is 0 Å². The van der Waals surface area contributed by atoms with Crippen molar-refractivity contribution in [3.8, 4) is 5.69 Å². The van der Waals surface area contributed by atoms with Crippen LogP contribution in [0.25, 0.3) is 5.69 Å². The van der Waals surface area contributed by atoms with E-state index in [0.29, 0.717) is 11.3 Å². The molecule has 0 fully saturated rings. The summed E-state index contributed by atoms with van der Waals surface area (Å²) in [7, 11) is 0. The fraction of sp³-hybridized carbons (Fsp3) is 0.231. The molecule has 0 spiro atoms. The van der Waals surface area contributed by atoms with Crippen LogP contribution < -0.4 is 5.73 Å². The van der Waals surface area contributed by atoms with E-state index in [1.807, 2.05) is 20.8 Å². The number of halogens is 1. The Morgan fingerprint density at radius 3 is 2.58 bits per heavy atom. The summed E-state index contributed by atoms with van der Waals surface area (Å²) in [5.41, 5.74) is 9.32. The zero-order valence-electron chi connectivity index (χ0n) is 11.0. The zero-order chi connectivity index (χ0) is 14.2. The van der Waals surface area contributed by atoms with Crippen LogP contribution >= 0.6 is 0 Å². The van der Waals surface area contributed by atoms with Gasteiger partial charge in [0.25, 0.3) is 0 Å². The molecular formula is C13H15FN4O. The van der Waals surface area contributed by atoms with E-state index in [9.17, 15) is 4.39 Å². The van der Waals surface area contributed by atoms with Crippen LogP contribution in [0.1, 0.15) is 22.5 Å². The number of nitrogens with two attached hydrogens (primary N) is 1. The topological polar surface area (TPSA) is 76.4 Å². The van der Waals surface area contributed by atoms with E-state index in [-0.39, 0.29) is 5.84 Å². The van der Waals surface area contributed by atoms with Gasteiger partial charge in [-0.3, -0.25) is 0 Å². The van der Waals surface area contributed by atoms with Crippen LogP contribution in [0.3, 0.4) is 0 Å². The molecule has 0 atom stereocenters. The monoisotopic (exact) mass is 262 g/mol. The Morgan fingerprint density at radius 1 is 1.37 bits per heavy atom. The Labute approximate surface area is 110 Å². The van der Waals surface area contributed by atoms with E-state index in [0.717, 1.165) is 17.0 Å². The number of hydrogen-bond donors (Lipinski definition) is 2. The highest BCUT2D eigenvalue weighted by Gasteiger charge is 2.15. The summed E-state index contributed by atoms with van der Waals surface area (Å²) >= 11 is 0. The number of aryl methyl sites for hydroxylation is 1. The van der Waals surface area contributed by atoms with Crippen LogP contribution in [0.4, 0.5) is 4.39 Å². The van der Waals surface area contributed by atoms with Gasteiger partial charge >= 0.3 is 0 Å². The largest absolute Gasteiger partial charge is 0.409 e. The Morgan fingerprint density at radius 2 is 2.05 bits per heavy atom. The molecule has 0 amide bonds. The number of amidine groups is 1. The average Bonchev–Trinajstić information content (AvgIpc) is 2.65. The van der Waals surface area contributed by atoms with Crippen molar-refractivity contribution in [1.82, 2.24) is 9.78 Å². The van der Waals surface area contributed by atoms with E-state index >= 15 is 0 Å². The maximum atomic E-state index is 13.3. The van der Waals surface area contributed by atoms with Crippen LogP contribution in [-0.4, -0.2) is 20.8 Å². The lowest BCUT2D eigenvalue weighted by atomic mass is 10.1. The van der Waals surface area contributed by atoms with Gasteiger partial charge in [0.05, 0.1) is 11.4 Å². The van der Waals surface area contributed by atoms with Crippen molar-refractivity contribution in [1.29, 1.82) is 0 Å². The second-order valence-electron chi connectivity index (χ2n) is 4.35. The molecule has 1 heterocycles. The second-order valence-corrected chi connectivity index (χ2v) is 4.35. The van der Waals surface area contributed by atoms with Crippen LogP contribution in [0.15, 0.2) is 23.4 Å². The maximum absolute atomic E-state index is 13.3. The standard InChI is InChI=1S/C13H15FN4O/c1-7-8(2)16-18(9(7)3)12-5-4-10(14)6-11(12)13(15)17-19/h4-6,19H,1-3H3,(H2,15,17). The first kappa shape index (κ1) is 13.1. The summed E-state index contributed by atoms with van der Waals surface area (Å²) in [6.07, 6.45) is 0. The molecule has 100 valence electrons. The van der Waals surface area contributed by atoms with Gasteiger partial charge in [0.2, 0.25) is 0 Å². The van der Waals surface area contributed by atoms with Crippen LogP contribution in [0, 0.1) is 26.6 Å². The van der Waals surface area contributed by atoms with Crippen molar-refractivity contribution in [3.05, 3.63) is 46.5 Å². The van der Waals surface area contributed by atoms with E-state index in [1.165, 1.54) is 12.1 Å². The summed E-state index contributed by atoms with van der Waals surface area (Å²) in [5, 5.41) is 16.1. The van der Waals surface area contributed by atoms with E-state index in [1.54, 1.807) is 10.7 Å². The van der Waals surface area contributed by atoms with Crippen molar-refractivity contribution in [2.75, 3.05) is 0 Å². The minimum atomic E-state index is -0.455. The Kier molecular flexibility index (Phi) is 3.25. The number of oxime groups is 1. The lowest BCUT2D eigenvalue weighted by molar-refractivity contribution is 0.318. The van der Waals surface area contributed by atoms with Crippen molar-refractivity contribution in [2.45, 2.75) is 20.8 Å². The summed E-state index contributed by atoms with van der Waals surface area (Å²) < 4.78 is 15.0. The quantitative estimate of drug-likeness (QED) is 0.376. The first-order valence-corrected chi connectivity index (χ1v) is 5.76. The molecule has 3 N–H and O–H groups in total. The first-order chi connectivity index (χ1) is 8.95. The van der Waals surface area contributed by atoms with Gasteiger partial charge in [-0.05, 0) is 44.5 Å². The Bertz CT molecular complexity index is 661.